The number of urea groups is 1. The van der Waals surface area contributed by atoms with E-state index >= 15 is 0 Å². The average Bonchev–Trinajstić information content (AvgIpc) is 2.99. The molecule has 0 aliphatic heterocycles. The third-order valence-corrected chi connectivity index (χ3v) is 3.49. The minimum atomic E-state index is -0.264. The van der Waals surface area contributed by atoms with E-state index in [4.69, 9.17) is 9.47 Å². The summed E-state index contributed by atoms with van der Waals surface area (Å²) < 4.78 is 12.2. The maximum absolute atomic E-state index is 12.2. The first-order chi connectivity index (χ1) is 11.6. The molecule has 1 aromatic carbocycles. The van der Waals surface area contributed by atoms with Gasteiger partial charge in [0.25, 0.3) is 0 Å². The molecule has 0 saturated carbocycles. The lowest BCUT2D eigenvalue weighted by Crippen LogP contribution is -2.32. The van der Waals surface area contributed by atoms with Crippen molar-refractivity contribution in [3.8, 4) is 5.75 Å². The lowest BCUT2D eigenvalue weighted by molar-refractivity contribution is 0.146. The van der Waals surface area contributed by atoms with Gasteiger partial charge in [0.1, 0.15) is 12.4 Å². The Morgan fingerprint density at radius 2 is 2.21 bits per heavy atom. The molecule has 130 valence electrons. The Kier molecular flexibility index (Phi) is 6.62. The highest BCUT2D eigenvalue weighted by atomic mass is 16.5. The molecule has 0 aliphatic carbocycles. The summed E-state index contributed by atoms with van der Waals surface area (Å²) in [5.41, 5.74) is 1.65. The van der Waals surface area contributed by atoms with Crippen LogP contribution in [0.1, 0.15) is 24.9 Å². The van der Waals surface area contributed by atoms with Crippen LogP contribution in [0.25, 0.3) is 0 Å². The lowest BCUT2D eigenvalue weighted by atomic mass is 10.1. The first kappa shape index (κ1) is 17.8. The summed E-state index contributed by atoms with van der Waals surface area (Å²) in [4.78, 5) is 12.2. The molecule has 7 heteroatoms. The summed E-state index contributed by atoms with van der Waals surface area (Å²) in [5, 5.41) is 9.92. The molecule has 2 N–H and O–H groups in total. The molecule has 0 fully saturated rings. The number of ether oxygens (including phenoxy) is 2. The number of carbonyl (C=O) groups excluding carboxylic acids is 1. The van der Waals surface area contributed by atoms with Crippen LogP contribution in [0.15, 0.2) is 36.7 Å². The number of hydrogen-bond donors (Lipinski definition) is 2. The normalized spacial score (nSPS) is 11.8. The molecule has 24 heavy (non-hydrogen) atoms. The molecule has 0 spiro atoms. The molecule has 0 aliphatic rings. The lowest BCUT2D eigenvalue weighted by Gasteiger charge is -2.16. The maximum Gasteiger partial charge on any atom is 0.319 e. The van der Waals surface area contributed by atoms with Crippen LogP contribution in [0.3, 0.4) is 0 Å². The zero-order chi connectivity index (χ0) is 17.4. The number of hydrogen-bond acceptors (Lipinski definition) is 4. The van der Waals surface area contributed by atoms with Crippen molar-refractivity contribution in [3.05, 3.63) is 42.2 Å². The van der Waals surface area contributed by atoms with Gasteiger partial charge in [-0.05, 0) is 18.6 Å². The van der Waals surface area contributed by atoms with Crippen molar-refractivity contribution < 1.29 is 14.3 Å². The van der Waals surface area contributed by atoms with E-state index in [1.165, 1.54) is 0 Å². The highest BCUT2D eigenvalue weighted by Crippen LogP contribution is 2.19. The van der Waals surface area contributed by atoms with Gasteiger partial charge in [0.05, 0.1) is 18.8 Å². The first-order valence-electron chi connectivity index (χ1n) is 7.90. The smallest absolute Gasteiger partial charge is 0.319 e. The first-order valence-corrected chi connectivity index (χ1v) is 7.90. The van der Waals surface area contributed by atoms with Crippen LogP contribution in [0, 0.1) is 0 Å². The quantitative estimate of drug-likeness (QED) is 0.729. The molecule has 2 aromatic rings. The number of carbonyl (C=O) groups is 1. The maximum atomic E-state index is 12.2. The van der Waals surface area contributed by atoms with Crippen molar-refractivity contribution in [3.63, 3.8) is 0 Å². The largest absolute Gasteiger partial charge is 0.491 e. The monoisotopic (exact) mass is 332 g/mol. The predicted octanol–water partition coefficient (Wildman–Crippen LogP) is 2.72. The summed E-state index contributed by atoms with van der Waals surface area (Å²) in [6.45, 7) is 2.99. The van der Waals surface area contributed by atoms with Gasteiger partial charge in [0.15, 0.2) is 0 Å². The predicted molar refractivity (Wildman–Crippen MR) is 92.2 cm³/mol. The van der Waals surface area contributed by atoms with Crippen LogP contribution >= 0.6 is 0 Å². The van der Waals surface area contributed by atoms with Gasteiger partial charge >= 0.3 is 6.03 Å². The molecule has 0 saturated heterocycles. The highest BCUT2D eigenvalue weighted by molar-refractivity contribution is 5.89. The summed E-state index contributed by atoms with van der Waals surface area (Å²) >= 11 is 0. The third kappa shape index (κ3) is 5.27. The van der Waals surface area contributed by atoms with Gasteiger partial charge < -0.3 is 20.1 Å². The van der Waals surface area contributed by atoms with Gasteiger partial charge in [-0.15, -0.1) is 0 Å². The third-order valence-electron chi connectivity index (χ3n) is 3.49. The molecular formula is C17H24N4O3. The van der Waals surface area contributed by atoms with Crippen molar-refractivity contribution in [1.29, 1.82) is 0 Å². The second-order valence-corrected chi connectivity index (χ2v) is 5.38. The van der Waals surface area contributed by atoms with Gasteiger partial charge in [0, 0.05) is 37.7 Å². The van der Waals surface area contributed by atoms with Gasteiger partial charge in [-0.25, -0.2) is 4.79 Å². The second-order valence-electron chi connectivity index (χ2n) is 5.38. The molecule has 0 radical (unpaired) electrons. The van der Waals surface area contributed by atoms with Gasteiger partial charge in [0.2, 0.25) is 0 Å². The molecular weight excluding hydrogens is 308 g/mol. The molecule has 2 amide bonds. The second kappa shape index (κ2) is 8.93. The topological polar surface area (TPSA) is 77.4 Å². The van der Waals surface area contributed by atoms with E-state index in [1.54, 1.807) is 24.1 Å². The van der Waals surface area contributed by atoms with E-state index in [0.29, 0.717) is 24.7 Å². The number of anilines is 1. The highest BCUT2D eigenvalue weighted by Gasteiger charge is 2.14. The Morgan fingerprint density at radius 3 is 2.88 bits per heavy atom. The van der Waals surface area contributed by atoms with Crippen molar-refractivity contribution >= 4 is 11.7 Å². The van der Waals surface area contributed by atoms with Crippen LogP contribution in [-0.4, -0.2) is 36.1 Å². The van der Waals surface area contributed by atoms with Gasteiger partial charge in [-0.1, -0.05) is 13.0 Å². The van der Waals surface area contributed by atoms with Crippen LogP contribution in [0.4, 0.5) is 10.5 Å². The van der Waals surface area contributed by atoms with Crippen LogP contribution in [0.2, 0.25) is 0 Å². The minimum absolute atomic E-state index is 0.0835. The van der Waals surface area contributed by atoms with Crippen LogP contribution in [-0.2, 0) is 11.8 Å². The number of aromatic nitrogens is 2. The number of amides is 2. The van der Waals surface area contributed by atoms with Crippen LogP contribution < -0.4 is 15.4 Å². The Bertz CT molecular complexity index is 657. The Hall–Kier alpha value is -2.54. The molecule has 0 unspecified atom stereocenters. The standard InChI is InChI=1S/C17H24N4O3/c1-4-16(13-11-18-21(2)12-13)20-17(22)19-14-6-5-7-15(10-14)24-9-8-23-3/h5-7,10-12,16H,4,8-9H2,1-3H3,(H2,19,20,22)/t16-/m1/s1. The van der Waals surface area contributed by atoms with E-state index in [0.717, 1.165) is 12.0 Å². The summed E-state index contributed by atoms with van der Waals surface area (Å²) in [6, 6.07) is 6.91. The van der Waals surface area contributed by atoms with E-state index in [-0.39, 0.29) is 12.1 Å². The van der Waals surface area contributed by atoms with E-state index < -0.39 is 0 Å². The molecule has 1 heterocycles. The van der Waals surface area contributed by atoms with Crippen LogP contribution in [0.5, 0.6) is 5.75 Å². The van der Waals surface area contributed by atoms with Crippen molar-refractivity contribution in [2.45, 2.75) is 19.4 Å². The fourth-order valence-corrected chi connectivity index (χ4v) is 2.27. The fourth-order valence-electron chi connectivity index (χ4n) is 2.27. The summed E-state index contributed by atoms with van der Waals surface area (Å²) in [7, 11) is 3.48. The summed E-state index contributed by atoms with van der Waals surface area (Å²) in [6.07, 6.45) is 4.44. The number of rotatable bonds is 8. The SMILES string of the molecule is CC[C@@H](NC(=O)Nc1cccc(OCCOC)c1)c1cnn(C)c1. The van der Waals surface area contributed by atoms with E-state index in [2.05, 4.69) is 15.7 Å². The number of aryl methyl sites for hydroxylation is 1. The molecule has 7 nitrogen and oxygen atoms in total. The van der Waals surface area contributed by atoms with Gasteiger partial charge in [-0.2, -0.15) is 5.10 Å². The molecule has 2 rings (SSSR count). The van der Waals surface area contributed by atoms with Crippen molar-refractivity contribution in [2.24, 2.45) is 7.05 Å². The van der Waals surface area contributed by atoms with E-state index in [9.17, 15) is 4.79 Å². The van der Waals surface area contributed by atoms with Crippen molar-refractivity contribution in [1.82, 2.24) is 15.1 Å². The number of benzene rings is 1. The molecule has 1 atom stereocenters. The zero-order valence-corrected chi connectivity index (χ0v) is 14.3. The molecule has 1 aromatic heterocycles. The number of nitrogens with one attached hydrogen (secondary N) is 2. The zero-order valence-electron chi connectivity index (χ0n) is 14.3. The Balaban J connectivity index is 1.92. The number of nitrogens with zero attached hydrogens (tertiary/aromatic N) is 2. The van der Waals surface area contributed by atoms with E-state index in [1.807, 2.05) is 38.4 Å². The van der Waals surface area contributed by atoms with Gasteiger partial charge in [-0.3, -0.25) is 4.68 Å². The Morgan fingerprint density at radius 1 is 1.38 bits per heavy atom. The Labute approximate surface area is 142 Å². The minimum Gasteiger partial charge on any atom is -0.491 e. The summed E-state index contributed by atoms with van der Waals surface area (Å²) in [5.74, 6) is 0.684. The molecule has 0 bridgehead atoms. The average molecular weight is 332 g/mol. The fraction of sp³-hybridized carbons (Fsp3) is 0.412. The number of methoxy groups -OCH3 is 1. The van der Waals surface area contributed by atoms with Crippen molar-refractivity contribution in [2.75, 3.05) is 25.6 Å².